The molecule has 16 nitrogen and oxygen atoms in total. The van der Waals surface area contributed by atoms with Crippen LogP contribution in [0.3, 0.4) is 0 Å². The van der Waals surface area contributed by atoms with Gasteiger partial charge < -0.3 is 48.3 Å². The summed E-state index contributed by atoms with van der Waals surface area (Å²) in [5.74, 6) is -6.25. The summed E-state index contributed by atoms with van der Waals surface area (Å²) < 4.78 is 0. The van der Waals surface area contributed by atoms with Gasteiger partial charge in [0.25, 0.3) is 0 Å². The molecule has 0 heterocycles. The van der Waals surface area contributed by atoms with Gasteiger partial charge in [-0.3, -0.25) is 28.8 Å². The lowest BCUT2D eigenvalue weighted by molar-refractivity contribution is -0.142. The number of carboxylic acids is 1. The van der Waals surface area contributed by atoms with E-state index in [0.717, 1.165) is 0 Å². The van der Waals surface area contributed by atoms with E-state index in [1.165, 1.54) is 20.8 Å². The van der Waals surface area contributed by atoms with Crippen LogP contribution in [0.4, 0.5) is 0 Å². The van der Waals surface area contributed by atoms with Crippen LogP contribution in [0.1, 0.15) is 53.0 Å². The number of nitrogens with two attached hydrogens (primary N) is 2. The van der Waals surface area contributed by atoms with Crippen LogP contribution in [-0.4, -0.2) is 94.0 Å². The van der Waals surface area contributed by atoms with E-state index in [2.05, 4.69) is 26.6 Å². The van der Waals surface area contributed by atoms with Crippen molar-refractivity contribution in [1.82, 2.24) is 26.6 Å². The van der Waals surface area contributed by atoms with Crippen LogP contribution in [0.5, 0.6) is 0 Å². The summed E-state index contributed by atoms with van der Waals surface area (Å²) in [6.07, 6.45) is -1.70. The number of amides is 6. The molecule has 0 bridgehead atoms. The van der Waals surface area contributed by atoms with E-state index in [-0.39, 0.29) is 18.8 Å². The molecular formula is C29H45N7O9. The van der Waals surface area contributed by atoms with Crippen molar-refractivity contribution in [3.8, 4) is 0 Å². The Morgan fingerprint density at radius 1 is 0.711 bits per heavy atom. The van der Waals surface area contributed by atoms with Crippen LogP contribution in [0, 0.1) is 5.92 Å². The molecule has 45 heavy (non-hydrogen) atoms. The van der Waals surface area contributed by atoms with E-state index in [4.69, 9.17) is 11.5 Å². The van der Waals surface area contributed by atoms with Gasteiger partial charge in [-0.05, 0) is 38.7 Å². The zero-order valence-corrected chi connectivity index (χ0v) is 26.0. The minimum atomic E-state index is -1.53. The third-order valence-corrected chi connectivity index (χ3v) is 6.56. The monoisotopic (exact) mass is 635 g/mol. The molecule has 0 saturated carbocycles. The largest absolute Gasteiger partial charge is 0.480 e. The first-order valence-corrected chi connectivity index (χ1v) is 14.4. The highest BCUT2D eigenvalue weighted by atomic mass is 16.4. The normalized spacial score (nSPS) is 15.6. The van der Waals surface area contributed by atoms with Gasteiger partial charge in [-0.2, -0.15) is 0 Å². The number of aliphatic carboxylic acids is 1. The maximum Gasteiger partial charge on any atom is 0.326 e. The Hall–Kier alpha value is -4.57. The van der Waals surface area contributed by atoms with Crippen molar-refractivity contribution in [2.24, 2.45) is 17.4 Å². The summed E-state index contributed by atoms with van der Waals surface area (Å²) >= 11 is 0. The van der Waals surface area contributed by atoms with E-state index in [1.807, 2.05) is 13.8 Å². The molecule has 1 aromatic carbocycles. The number of rotatable bonds is 18. The summed E-state index contributed by atoms with van der Waals surface area (Å²) in [6, 6.07) is 1.02. The minimum absolute atomic E-state index is 0.0298. The van der Waals surface area contributed by atoms with Crippen LogP contribution in [0.15, 0.2) is 30.3 Å². The molecule has 11 N–H and O–H groups in total. The average Bonchev–Trinajstić information content (AvgIpc) is 2.94. The predicted octanol–water partition coefficient (Wildman–Crippen LogP) is -2.59. The number of carbonyl (C=O) groups excluding carboxylic acids is 6. The summed E-state index contributed by atoms with van der Waals surface area (Å²) in [5.41, 5.74) is 11.3. The Balaban J connectivity index is 2.92. The first-order valence-electron chi connectivity index (χ1n) is 14.4. The topological polar surface area (TPSA) is 272 Å². The standard InChI is InChI=1S/C29H45N7O9/c1-14(2)11-21(29(44)45)35-27(42)20(12-18-9-7-6-8-10-18)34-25(40)16(4)32-24(39)15(3)33-28(43)23(17(5)37)36-26(41)19(30)13-22(31)38/h6-10,14-17,19-21,23,37H,11-13,30H2,1-5H3,(H2,31,38)(H,32,39)(H,33,43)(H,34,40)(H,35,42)(H,36,41)(H,44,45)/t15-,16-,17+,19-,20-,21-,23-/m0/s1. The summed E-state index contributed by atoms with van der Waals surface area (Å²) in [4.78, 5) is 86.7. The number of carbonyl (C=O) groups is 7. The second-order valence-corrected chi connectivity index (χ2v) is 11.2. The summed E-state index contributed by atoms with van der Waals surface area (Å²) in [5, 5.41) is 31.5. The average molecular weight is 636 g/mol. The highest BCUT2D eigenvalue weighted by Crippen LogP contribution is 2.08. The second kappa shape index (κ2) is 18.3. The molecule has 0 aliphatic carbocycles. The molecule has 0 aliphatic heterocycles. The van der Waals surface area contributed by atoms with Crippen LogP contribution in [0.25, 0.3) is 0 Å². The van der Waals surface area contributed by atoms with Gasteiger partial charge in [0.1, 0.15) is 30.2 Å². The molecule has 0 aliphatic rings. The Kier molecular flexibility index (Phi) is 15.6. The summed E-state index contributed by atoms with van der Waals surface area (Å²) in [7, 11) is 0. The summed E-state index contributed by atoms with van der Waals surface area (Å²) in [6.45, 7) is 7.47. The number of aliphatic hydroxyl groups excluding tert-OH is 1. The van der Waals surface area contributed by atoms with Crippen LogP contribution >= 0.6 is 0 Å². The third kappa shape index (κ3) is 13.7. The van der Waals surface area contributed by atoms with Gasteiger partial charge in [0.2, 0.25) is 35.4 Å². The number of carboxylic acid groups (broad SMARTS) is 1. The van der Waals surface area contributed by atoms with E-state index < -0.39 is 90.2 Å². The maximum atomic E-state index is 13.1. The Morgan fingerprint density at radius 3 is 1.71 bits per heavy atom. The second-order valence-electron chi connectivity index (χ2n) is 11.2. The Bertz CT molecular complexity index is 1210. The molecule has 7 atom stereocenters. The maximum absolute atomic E-state index is 13.1. The lowest BCUT2D eigenvalue weighted by atomic mass is 10.0. The highest BCUT2D eigenvalue weighted by Gasteiger charge is 2.32. The smallest absolute Gasteiger partial charge is 0.326 e. The fourth-order valence-corrected chi connectivity index (χ4v) is 4.07. The van der Waals surface area contributed by atoms with E-state index >= 15 is 0 Å². The van der Waals surface area contributed by atoms with E-state index in [9.17, 15) is 43.8 Å². The quantitative estimate of drug-likeness (QED) is 0.0812. The fourth-order valence-electron chi connectivity index (χ4n) is 4.07. The molecule has 0 unspecified atom stereocenters. The van der Waals surface area contributed by atoms with Gasteiger partial charge in [0.15, 0.2) is 0 Å². The predicted molar refractivity (Wildman–Crippen MR) is 162 cm³/mol. The first kappa shape index (κ1) is 38.5. The third-order valence-electron chi connectivity index (χ3n) is 6.56. The lowest BCUT2D eigenvalue weighted by Gasteiger charge is -2.26. The van der Waals surface area contributed by atoms with Crippen molar-refractivity contribution in [2.45, 2.75) is 96.2 Å². The number of aliphatic hydroxyl groups is 1. The molecule has 16 heteroatoms. The van der Waals surface area contributed by atoms with Crippen molar-refractivity contribution < 1.29 is 43.8 Å². The van der Waals surface area contributed by atoms with E-state index in [0.29, 0.717) is 5.56 Å². The zero-order valence-electron chi connectivity index (χ0n) is 26.0. The van der Waals surface area contributed by atoms with Gasteiger partial charge in [-0.25, -0.2) is 4.79 Å². The van der Waals surface area contributed by atoms with Crippen molar-refractivity contribution >= 4 is 41.4 Å². The van der Waals surface area contributed by atoms with Crippen LogP contribution in [-0.2, 0) is 40.0 Å². The lowest BCUT2D eigenvalue weighted by Crippen LogP contribution is -2.60. The number of hydrogen-bond donors (Lipinski definition) is 9. The molecule has 1 rings (SSSR count). The number of hydrogen-bond acceptors (Lipinski definition) is 9. The van der Waals surface area contributed by atoms with Crippen LogP contribution in [0.2, 0.25) is 0 Å². The van der Waals surface area contributed by atoms with E-state index in [1.54, 1.807) is 30.3 Å². The number of primary amides is 1. The highest BCUT2D eigenvalue weighted by molar-refractivity contribution is 5.96. The fraction of sp³-hybridized carbons (Fsp3) is 0.552. The SMILES string of the molecule is CC(C)C[C@H](NC(=O)[C@H](Cc1ccccc1)NC(=O)[C@H](C)NC(=O)[C@H](C)NC(=O)[C@@H](NC(=O)[C@@H](N)CC(N)=O)[C@@H](C)O)C(=O)O. The minimum Gasteiger partial charge on any atom is -0.480 e. The van der Waals surface area contributed by atoms with Crippen molar-refractivity contribution in [3.63, 3.8) is 0 Å². The van der Waals surface area contributed by atoms with Gasteiger partial charge >= 0.3 is 5.97 Å². The molecular weight excluding hydrogens is 590 g/mol. The van der Waals surface area contributed by atoms with Gasteiger partial charge in [0, 0.05) is 6.42 Å². The van der Waals surface area contributed by atoms with Crippen molar-refractivity contribution in [3.05, 3.63) is 35.9 Å². The first-order chi connectivity index (χ1) is 20.9. The van der Waals surface area contributed by atoms with Crippen LogP contribution < -0.4 is 38.1 Å². The Morgan fingerprint density at radius 2 is 1.22 bits per heavy atom. The van der Waals surface area contributed by atoms with Gasteiger partial charge in [-0.1, -0.05) is 44.2 Å². The molecule has 250 valence electrons. The molecule has 6 amide bonds. The van der Waals surface area contributed by atoms with Crippen molar-refractivity contribution in [1.29, 1.82) is 0 Å². The molecule has 0 fully saturated rings. The Labute approximate surface area is 261 Å². The van der Waals surface area contributed by atoms with Crippen molar-refractivity contribution in [2.75, 3.05) is 0 Å². The molecule has 0 radical (unpaired) electrons. The van der Waals surface area contributed by atoms with Gasteiger partial charge in [0.05, 0.1) is 18.6 Å². The zero-order chi connectivity index (χ0) is 34.4. The molecule has 0 saturated heterocycles. The molecule has 1 aromatic rings. The number of nitrogens with one attached hydrogen (secondary N) is 5. The van der Waals surface area contributed by atoms with Gasteiger partial charge in [-0.15, -0.1) is 0 Å². The molecule has 0 aromatic heterocycles. The number of benzene rings is 1. The molecule has 0 spiro atoms.